The van der Waals surface area contributed by atoms with Crippen LogP contribution in [0.2, 0.25) is 0 Å². The minimum atomic E-state index is -1.13. The van der Waals surface area contributed by atoms with E-state index >= 15 is 0 Å². The summed E-state index contributed by atoms with van der Waals surface area (Å²) in [6.45, 7) is 3.19. The predicted molar refractivity (Wildman–Crippen MR) is 120 cm³/mol. The summed E-state index contributed by atoms with van der Waals surface area (Å²) in [6.07, 6.45) is 3.94. The Morgan fingerprint density at radius 2 is 1.68 bits per heavy atom. The van der Waals surface area contributed by atoms with Gasteiger partial charge in [-0.05, 0) is 50.6 Å². The molecule has 0 radical (unpaired) electrons. The van der Waals surface area contributed by atoms with Crippen LogP contribution >= 0.6 is 0 Å². The van der Waals surface area contributed by atoms with Gasteiger partial charge in [-0.2, -0.15) is 0 Å². The van der Waals surface area contributed by atoms with Gasteiger partial charge in [-0.15, -0.1) is 0 Å². The van der Waals surface area contributed by atoms with Crippen LogP contribution in [0, 0.1) is 29.6 Å². The van der Waals surface area contributed by atoms with Crippen molar-refractivity contribution in [2.24, 2.45) is 5.92 Å². The lowest BCUT2D eigenvalue weighted by atomic mass is 9.89. The number of anilines is 1. The summed E-state index contributed by atoms with van der Waals surface area (Å²) in [5, 5.41) is 9.81. The standard InChI is InChI=1S/C27H21NO3/c1-27(2,31)16-15-20-9-6-10-22(17-20)28-25(29)23-14-13-21(18-24(23)26(28)30)12-11-19-7-4-3-5-8-19/h3-10,13-14,17,24,31H,18H2,1-2H3. The first-order valence-corrected chi connectivity index (χ1v) is 10.0. The highest BCUT2D eigenvalue weighted by Gasteiger charge is 2.44. The average molecular weight is 407 g/mol. The van der Waals surface area contributed by atoms with Gasteiger partial charge < -0.3 is 5.11 Å². The van der Waals surface area contributed by atoms with Crippen LogP contribution in [-0.4, -0.2) is 22.5 Å². The summed E-state index contributed by atoms with van der Waals surface area (Å²) in [5.74, 6) is 10.8. The van der Waals surface area contributed by atoms with Gasteiger partial charge in [-0.3, -0.25) is 9.59 Å². The van der Waals surface area contributed by atoms with Crippen LogP contribution < -0.4 is 4.90 Å². The summed E-state index contributed by atoms with van der Waals surface area (Å²) in [7, 11) is 0. The fourth-order valence-corrected chi connectivity index (χ4v) is 3.49. The molecule has 2 amide bonds. The molecule has 4 nitrogen and oxygen atoms in total. The summed E-state index contributed by atoms with van der Waals surface area (Å²) < 4.78 is 0. The number of benzene rings is 2. The van der Waals surface area contributed by atoms with E-state index in [0.717, 1.165) is 11.1 Å². The van der Waals surface area contributed by atoms with E-state index in [1.165, 1.54) is 4.90 Å². The topological polar surface area (TPSA) is 57.6 Å². The van der Waals surface area contributed by atoms with E-state index in [0.29, 0.717) is 23.2 Å². The highest BCUT2D eigenvalue weighted by Crippen LogP contribution is 2.36. The number of nitrogens with zero attached hydrogens (tertiary/aromatic N) is 1. The normalized spacial score (nSPS) is 17.6. The number of fused-ring (bicyclic) bond motifs is 1. The first-order valence-electron chi connectivity index (χ1n) is 10.0. The molecule has 1 aliphatic carbocycles. The number of aliphatic hydroxyl groups is 1. The van der Waals surface area contributed by atoms with Gasteiger partial charge in [0.15, 0.2) is 0 Å². The third kappa shape index (κ3) is 4.51. The molecule has 152 valence electrons. The monoisotopic (exact) mass is 407 g/mol. The second-order valence-electron chi connectivity index (χ2n) is 8.02. The van der Waals surface area contributed by atoms with E-state index in [1.54, 1.807) is 44.2 Å². The Morgan fingerprint density at radius 1 is 0.935 bits per heavy atom. The molecule has 0 bridgehead atoms. The van der Waals surface area contributed by atoms with Crippen molar-refractivity contribution in [2.75, 3.05) is 4.90 Å². The van der Waals surface area contributed by atoms with Gasteiger partial charge in [0.1, 0.15) is 5.60 Å². The van der Waals surface area contributed by atoms with E-state index < -0.39 is 11.5 Å². The molecule has 2 aromatic carbocycles. The number of hydrogen-bond acceptors (Lipinski definition) is 3. The van der Waals surface area contributed by atoms with Crippen LogP contribution in [0.4, 0.5) is 5.69 Å². The van der Waals surface area contributed by atoms with Gasteiger partial charge in [0.2, 0.25) is 5.91 Å². The van der Waals surface area contributed by atoms with Gasteiger partial charge in [0.25, 0.3) is 5.91 Å². The number of imide groups is 1. The van der Waals surface area contributed by atoms with E-state index in [-0.39, 0.29) is 11.8 Å². The van der Waals surface area contributed by atoms with Gasteiger partial charge in [0, 0.05) is 22.3 Å². The van der Waals surface area contributed by atoms with Crippen LogP contribution in [0.25, 0.3) is 0 Å². The SMILES string of the molecule is CC(C)(O)C#Cc1cccc(N2C(=O)C3=CC=C(C#Cc4ccccc4)CC3C2=O)c1. The molecular weight excluding hydrogens is 386 g/mol. The molecule has 0 aromatic heterocycles. The minimum absolute atomic E-state index is 0.254. The number of rotatable bonds is 1. The first-order chi connectivity index (χ1) is 14.8. The Morgan fingerprint density at radius 3 is 2.42 bits per heavy atom. The molecule has 2 aliphatic rings. The quantitative estimate of drug-likeness (QED) is 0.580. The van der Waals surface area contributed by atoms with E-state index in [2.05, 4.69) is 23.7 Å². The third-order valence-corrected chi connectivity index (χ3v) is 4.99. The van der Waals surface area contributed by atoms with Crippen molar-refractivity contribution in [3.05, 3.63) is 89.0 Å². The molecule has 1 aliphatic heterocycles. The lowest BCUT2D eigenvalue weighted by molar-refractivity contribution is -0.122. The van der Waals surface area contributed by atoms with Crippen molar-refractivity contribution in [1.82, 2.24) is 0 Å². The van der Waals surface area contributed by atoms with Crippen LogP contribution in [0.3, 0.4) is 0 Å². The van der Waals surface area contributed by atoms with Crippen LogP contribution in [0.15, 0.2) is 77.9 Å². The lowest BCUT2D eigenvalue weighted by Crippen LogP contribution is -2.30. The van der Waals surface area contributed by atoms with Crippen molar-refractivity contribution in [1.29, 1.82) is 0 Å². The molecule has 1 saturated heterocycles. The molecule has 2 aromatic rings. The Hall–Kier alpha value is -3.86. The Bertz CT molecular complexity index is 1240. The fourth-order valence-electron chi connectivity index (χ4n) is 3.49. The second-order valence-corrected chi connectivity index (χ2v) is 8.02. The molecule has 4 heteroatoms. The second kappa shape index (κ2) is 8.11. The summed E-state index contributed by atoms with van der Waals surface area (Å²) in [5.41, 5.74) is 2.19. The van der Waals surface area contributed by atoms with Gasteiger partial charge in [-0.1, -0.05) is 60.1 Å². The molecule has 1 fully saturated rings. The van der Waals surface area contributed by atoms with E-state index in [1.807, 2.05) is 36.4 Å². The van der Waals surface area contributed by atoms with Crippen LogP contribution in [-0.2, 0) is 9.59 Å². The Balaban J connectivity index is 1.57. The maximum absolute atomic E-state index is 13.1. The molecule has 1 heterocycles. The smallest absolute Gasteiger partial charge is 0.261 e. The molecule has 31 heavy (non-hydrogen) atoms. The maximum Gasteiger partial charge on any atom is 0.261 e. The molecule has 1 atom stereocenters. The van der Waals surface area contributed by atoms with Gasteiger partial charge in [0.05, 0.1) is 11.6 Å². The summed E-state index contributed by atoms with van der Waals surface area (Å²) >= 11 is 0. The van der Waals surface area contributed by atoms with Crippen molar-refractivity contribution >= 4 is 17.5 Å². The third-order valence-electron chi connectivity index (χ3n) is 4.99. The highest BCUT2D eigenvalue weighted by atomic mass is 16.3. The zero-order valence-electron chi connectivity index (χ0n) is 17.3. The van der Waals surface area contributed by atoms with Gasteiger partial charge >= 0.3 is 0 Å². The number of allylic oxidation sites excluding steroid dienone is 3. The fraction of sp³-hybridized carbons (Fsp3) is 0.185. The molecule has 0 saturated carbocycles. The molecular formula is C27H21NO3. The number of amides is 2. The summed E-state index contributed by atoms with van der Waals surface area (Å²) in [4.78, 5) is 27.3. The lowest BCUT2D eigenvalue weighted by Gasteiger charge is -2.15. The number of carbonyl (C=O) groups is 2. The van der Waals surface area contributed by atoms with Crippen molar-refractivity contribution < 1.29 is 14.7 Å². The zero-order chi connectivity index (χ0) is 22.0. The van der Waals surface area contributed by atoms with Crippen molar-refractivity contribution in [2.45, 2.75) is 25.9 Å². The van der Waals surface area contributed by atoms with Crippen LogP contribution in [0.5, 0.6) is 0 Å². The molecule has 1 N–H and O–H groups in total. The van der Waals surface area contributed by atoms with Crippen LogP contribution in [0.1, 0.15) is 31.4 Å². The highest BCUT2D eigenvalue weighted by molar-refractivity contribution is 6.29. The van der Waals surface area contributed by atoms with Gasteiger partial charge in [-0.25, -0.2) is 4.90 Å². The molecule has 0 spiro atoms. The van der Waals surface area contributed by atoms with E-state index in [4.69, 9.17) is 0 Å². The molecule has 1 unspecified atom stereocenters. The number of hydrogen-bond donors (Lipinski definition) is 1. The van der Waals surface area contributed by atoms with Crippen molar-refractivity contribution in [3.63, 3.8) is 0 Å². The van der Waals surface area contributed by atoms with Crippen molar-refractivity contribution in [3.8, 4) is 23.7 Å². The molecule has 4 rings (SSSR count). The first kappa shape index (κ1) is 20.4. The number of carbonyl (C=O) groups excluding carboxylic acids is 2. The summed E-state index contributed by atoms with van der Waals surface area (Å²) in [6, 6.07) is 16.6. The predicted octanol–water partition coefficient (Wildman–Crippen LogP) is 3.61. The minimum Gasteiger partial charge on any atom is -0.378 e. The maximum atomic E-state index is 13.1. The largest absolute Gasteiger partial charge is 0.378 e. The Kier molecular flexibility index (Phi) is 5.34. The Labute approximate surface area is 181 Å². The van der Waals surface area contributed by atoms with E-state index in [9.17, 15) is 14.7 Å². The average Bonchev–Trinajstić information content (AvgIpc) is 3.01. The zero-order valence-corrected chi connectivity index (χ0v) is 17.3.